The molecule has 2 amide bonds. The minimum atomic E-state index is -3.54. The third-order valence-corrected chi connectivity index (χ3v) is 9.33. The van der Waals surface area contributed by atoms with Gasteiger partial charge in [0.1, 0.15) is 6.04 Å². The highest BCUT2D eigenvalue weighted by Crippen LogP contribution is 2.22. The number of aryl methyl sites for hydroxylation is 2. The number of rotatable bonds is 13. The normalized spacial score (nSPS) is 14.6. The first kappa shape index (κ1) is 32.3. The molecule has 0 heterocycles. The Balaban J connectivity index is 1.58. The Morgan fingerprint density at radius 2 is 1.53 bits per heavy atom. The number of anilines is 1. The lowest BCUT2D eigenvalue weighted by Gasteiger charge is -2.34. The Labute approximate surface area is 257 Å². The van der Waals surface area contributed by atoms with Gasteiger partial charge in [0.25, 0.3) is 0 Å². The van der Waals surface area contributed by atoms with Gasteiger partial charge in [0.15, 0.2) is 0 Å². The van der Waals surface area contributed by atoms with Crippen LogP contribution in [-0.2, 0) is 32.6 Å². The van der Waals surface area contributed by atoms with E-state index < -0.39 is 16.1 Å². The summed E-state index contributed by atoms with van der Waals surface area (Å²) < 4.78 is 26.7. The van der Waals surface area contributed by atoms with Crippen LogP contribution in [0.4, 0.5) is 5.69 Å². The van der Waals surface area contributed by atoms with Crippen molar-refractivity contribution < 1.29 is 18.0 Å². The van der Waals surface area contributed by atoms with Crippen LogP contribution in [0, 0.1) is 13.8 Å². The molecule has 0 aliphatic heterocycles. The van der Waals surface area contributed by atoms with Crippen LogP contribution in [-0.4, -0.2) is 50.0 Å². The molecule has 43 heavy (non-hydrogen) atoms. The van der Waals surface area contributed by atoms with Crippen molar-refractivity contribution in [3.63, 3.8) is 0 Å². The summed E-state index contributed by atoms with van der Waals surface area (Å²) in [7, 11) is -3.54. The molecule has 8 heteroatoms. The van der Waals surface area contributed by atoms with E-state index in [-0.39, 0.29) is 30.8 Å². The first-order chi connectivity index (χ1) is 20.6. The van der Waals surface area contributed by atoms with E-state index in [1.165, 1.54) is 17.0 Å². The van der Waals surface area contributed by atoms with Crippen molar-refractivity contribution in [3.8, 4) is 0 Å². The van der Waals surface area contributed by atoms with Crippen LogP contribution >= 0.6 is 0 Å². The van der Waals surface area contributed by atoms with Crippen LogP contribution in [0.3, 0.4) is 0 Å². The molecule has 3 aromatic carbocycles. The van der Waals surface area contributed by atoms with Gasteiger partial charge in [-0.25, -0.2) is 8.42 Å². The number of nitrogens with zero attached hydrogens (tertiary/aromatic N) is 2. The third kappa shape index (κ3) is 9.68. The fourth-order valence-electron chi connectivity index (χ4n) is 5.82. The lowest BCUT2D eigenvalue weighted by atomic mass is 9.94. The van der Waals surface area contributed by atoms with Crippen molar-refractivity contribution in [2.24, 2.45) is 0 Å². The Bertz CT molecular complexity index is 1450. The third-order valence-electron chi connectivity index (χ3n) is 8.13. The van der Waals surface area contributed by atoms with Crippen molar-refractivity contribution in [2.45, 2.75) is 83.8 Å². The van der Waals surface area contributed by atoms with E-state index in [9.17, 15) is 18.0 Å². The number of sulfonamides is 1. The molecule has 1 fully saturated rings. The molecule has 0 saturated heterocycles. The molecule has 230 valence electrons. The molecular formula is C35H45N3O4S. The topological polar surface area (TPSA) is 86.8 Å². The van der Waals surface area contributed by atoms with Crippen molar-refractivity contribution in [1.29, 1.82) is 0 Å². The van der Waals surface area contributed by atoms with Gasteiger partial charge in [0, 0.05) is 32.0 Å². The maximum atomic E-state index is 14.1. The predicted octanol–water partition coefficient (Wildman–Crippen LogP) is 5.94. The van der Waals surface area contributed by atoms with Crippen LogP contribution < -0.4 is 9.62 Å². The van der Waals surface area contributed by atoms with E-state index >= 15 is 0 Å². The monoisotopic (exact) mass is 603 g/mol. The second-order valence-electron chi connectivity index (χ2n) is 11.8. The highest BCUT2D eigenvalue weighted by molar-refractivity contribution is 7.92. The average molecular weight is 604 g/mol. The Hall–Kier alpha value is -3.65. The van der Waals surface area contributed by atoms with Crippen LogP contribution in [0.5, 0.6) is 0 Å². The molecule has 1 atom stereocenters. The maximum Gasteiger partial charge on any atom is 0.243 e. The fraction of sp³-hybridized carbons (Fsp3) is 0.429. The highest BCUT2D eigenvalue weighted by atomic mass is 32.2. The number of hydrogen-bond donors (Lipinski definition) is 1. The molecule has 1 N–H and O–H groups in total. The number of nitrogens with one attached hydrogen (secondary N) is 1. The molecule has 0 bridgehead atoms. The average Bonchev–Trinajstić information content (AvgIpc) is 2.98. The molecular weight excluding hydrogens is 558 g/mol. The van der Waals surface area contributed by atoms with Gasteiger partial charge < -0.3 is 10.2 Å². The summed E-state index contributed by atoms with van der Waals surface area (Å²) in [5.41, 5.74) is 4.63. The van der Waals surface area contributed by atoms with E-state index in [1.54, 1.807) is 17.0 Å². The standard InChI is InChI=1S/C35H45N3O4S/c1-27-19-21-32(22-20-27)38(43(3,41)42)23-11-18-34(39)37(26-30-15-10-12-28(2)24-30)33(25-29-13-6-4-7-14-29)35(40)36-31-16-8-5-9-17-31/h4,6-7,10,12-15,19-22,24,31,33H,5,8-9,11,16-18,23,25-26H2,1-3H3,(H,36,40)/t33-/m0/s1. The summed E-state index contributed by atoms with van der Waals surface area (Å²) in [5, 5.41) is 3.27. The van der Waals surface area contributed by atoms with Crippen LogP contribution in [0.15, 0.2) is 78.9 Å². The van der Waals surface area contributed by atoms with Crippen LogP contribution in [0.1, 0.15) is 67.2 Å². The van der Waals surface area contributed by atoms with Gasteiger partial charge in [-0.15, -0.1) is 0 Å². The van der Waals surface area contributed by atoms with Gasteiger partial charge in [-0.1, -0.05) is 97.1 Å². The van der Waals surface area contributed by atoms with Gasteiger partial charge in [-0.3, -0.25) is 13.9 Å². The minimum Gasteiger partial charge on any atom is -0.352 e. The van der Waals surface area contributed by atoms with Crippen LogP contribution in [0.25, 0.3) is 0 Å². The second-order valence-corrected chi connectivity index (χ2v) is 13.7. The summed E-state index contributed by atoms with van der Waals surface area (Å²) in [6.07, 6.45) is 7.31. The zero-order valence-electron chi connectivity index (χ0n) is 25.7. The number of carbonyl (C=O) groups is 2. The summed E-state index contributed by atoms with van der Waals surface area (Å²) in [6.45, 7) is 4.43. The predicted molar refractivity (Wildman–Crippen MR) is 173 cm³/mol. The SMILES string of the molecule is Cc1ccc(N(CCCC(=O)N(Cc2cccc(C)c2)[C@@H](Cc2ccccc2)C(=O)NC2CCCCC2)S(C)(=O)=O)cc1. The first-order valence-corrected chi connectivity index (χ1v) is 17.2. The first-order valence-electron chi connectivity index (χ1n) is 15.3. The zero-order chi connectivity index (χ0) is 30.8. The fourth-order valence-corrected chi connectivity index (χ4v) is 6.79. The lowest BCUT2D eigenvalue weighted by Crippen LogP contribution is -2.53. The Morgan fingerprint density at radius 1 is 0.860 bits per heavy atom. The minimum absolute atomic E-state index is 0.117. The van der Waals surface area contributed by atoms with E-state index in [4.69, 9.17) is 0 Å². The van der Waals surface area contributed by atoms with E-state index in [0.717, 1.165) is 47.9 Å². The second kappa shape index (κ2) is 15.2. The van der Waals surface area contributed by atoms with E-state index in [0.29, 0.717) is 25.1 Å². The molecule has 0 spiro atoms. The lowest BCUT2D eigenvalue weighted by molar-refractivity contribution is -0.141. The number of benzene rings is 3. The molecule has 0 aromatic heterocycles. The number of hydrogen-bond acceptors (Lipinski definition) is 4. The number of carbonyl (C=O) groups excluding carboxylic acids is 2. The Kier molecular flexibility index (Phi) is 11.4. The molecule has 0 unspecified atom stereocenters. The van der Waals surface area contributed by atoms with Gasteiger partial charge in [0.05, 0.1) is 11.9 Å². The van der Waals surface area contributed by atoms with Gasteiger partial charge >= 0.3 is 0 Å². The molecule has 1 aliphatic carbocycles. The summed E-state index contributed by atoms with van der Waals surface area (Å²) in [4.78, 5) is 29.7. The molecule has 0 radical (unpaired) electrons. The van der Waals surface area contributed by atoms with Crippen molar-refractivity contribution in [3.05, 3.63) is 101 Å². The Morgan fingerprint density at radius 3 is 2.19 bits per heavy atom. The van der Waals surface area contributed by atoms with Crippen LogP contribution in [0.2, 0.25) is 0 Å². The largest absolute Gasteiger partial charge is 0.352 e. The molecule has 1 aliphatic rings. The van der Waals surface area contributed by atoms with Gasteiger partial charge in [-0.05, 0) is 56.4 Å². The molecule has 1 saturated carbocycles. The summed E-state index contributed by atoms with van der Waals surface area (Å²) in [5.74, 6) is -0.298. The summed E-state index contributed by atoms with van der Waals surface area (Å²) in [6, 6.07) is 24.6. The van der Waals surface area contributed by atoms with Gasteiger partial charge in [-0.2, -0.15) is 0 Å². The molecule has 7 nitrogen and oxygen atoms in total. The van der Waals surface area contributed by atoms with Gasteiger partial charge in [0.2, 0.25) is 21.8 Å². The maximum absolute atomic E-state index is 14.1. The summed E-state index contributed by atoms with van der Waals surface area (Å²) >= 11 is 0. The highest BCUT2D eigenvalue weighted by Gasteiger charge is 2.32. The van der Waals surface area contributed by atoms with Crippen molar-refractivity contribution >= 4 is 27.5 Å². The molecule has 4 rings (SSSR count). The smallest absolute Gasteiger partial charge is 0.243 e. The van der Waals surface area contributed by atoms with Crippen molar-refractivity contribution in [2.75, 3.05) is 17.1 Å². The zero-order valence-corrected chi connectivity index (χ0v) is 26.5. The van der Waals surface area contributed by atoms with E-state index in [1.807, 2.05) is 80.6 Å². The molecule has 3 aromatic rings. The van der Waals surface area contributed by atoms with E-state index in [2.05, 4.69) is 5.32 Å². The number of amides is 2. The quantitative estimate of drug-likeness (QED) is 0.262. The van der Waals surface area contributed by atoms with Crippen molar-refractivity contribution in [1.82, 2.24) is 10.2 Å².